The number of aliphatic hydroxyl groups is 1. The Morgan fingerprint density at radius 2 is 2.15 bits per heavy atom. The number of hydrogen-bond donors (Lipinski definition) is 1. The lowest BCUT2D eigenvalue weighted by Gasteiger charge is -2.24. The highest BCUT2D eigenvalue weighted by Crippen LogP contribution is 2.10. The molecular weight excluding hydrogens is 162 g/mol. The minimum absolute atomic E-state index is 0.222. The van der Waals surface area contributed by atoms with Crippen molar-refractivity contribution < 1.29 is 5.11 Å². The van der Waals surface area contributed by atoms with Gasteiger partial charge in [-0.1, -0.05) is 6.58 Å². The number of aliphatic hydroxyl groups excluding tert-OH is 1. The summed E-state index contributed by atoms with van der Waals surface area (Å²) in [5.41, 5.74) is 2.76. The summed E-state index contributed by atoms with van der Waals surface area (Å²) in [4.78, 5) is 2.16. The molecule has 1 N–H and O–H groups in total. The molecule has 0 saturated heterocycles. The highest BCUT2D eigenvalue weighted by atomic mass is 16.3. The van der Waals surface area contributed by atoms with Crippen LogP contribution in [0.3, 0.4) is 0 Å². The van der Waals surface area contributed by atoms with Gasteiger partial charge in [0.2, 0.25) is 0 Å². The van der Waals surface area contributed by atoms with Gasteiger partial charge in [-0.25, -0.2) is 0 Å². The van der Waals surface area contributed by atoms with Crippen LogP contribution in [0.5, 0.6) is 0 Å². The highest BCUT2D eigenvalue weighted by Gasteiger charge is 2.12. The lowest BCUT2D eigenvalue weighted by molar-refractivity contribution is 0.134. The second kappa shape index (κ2) is 6.90. The van der Waals surface area contributed by atoms with E-state index < -0.39 is 0 Å². The average molecular weight is 183 g/mol. The fourth-order valence-corrected chi connectivity index (χ4v) is 1.36. The van der Waals surface area contributed by atoms with E-state index in [-0.39, 0.29) is 6.10 Å². The summed E-state index contributed by atoms with van der Waals surface area (Å²) in [6.07, 6.45) is 4.59. The van der Waals surface area contributed by atoms with E-state index in [9.17, 15) is 5.11 Å². The normalized spacial score (nSPS) is 15.2. The molecule has 0 bridgehead atoms. The smallest absolute Gasteiger partial charge is 0.0527 e. The molecule has 0 aliphatic rings. The molecule has 0 heterocycles. The minimum Gasteiger partial charge on any atom is -0.393 e. The molecule has 0 aromatic rings. The van der Waals surface area contributed by atoms with E-state index in [0.717, 1.165) is 19.3 Å². The minimum atomic E-state index is -0.222. The van der Waals surface area contributed by atoms with Crippen molar-refractivity contribution in [1.82, 2.24) is 4.90 Å². The van der Waals surface area contributed by atoms with Crippen molar-refractivity contribution >= 4 is 0 Å². The Morgan fingerprint density at radius 3 is 2.54 bits per heavy atom. The van der Waals surface area contributed by atoms with E-state index in [0.29, 0.717) is 6.04 Å². The van der Waals surface area contributed by atoms with E-state index >= 15 is 0 Å². The van der Waals surface area contributed by atoms with Crippen molar-refractivity contribution in [3.05, 3.63) is 18.4 Å². The molecule has 0 spiro atoms. The molecule has 2 atom stereocenters. The van der Waals surface area contributed by atoms with Crippen LogP contribution in [0.4, 0.5) is 0 Å². The van der Waals surface area contributed by atoms with Crippen molar-refractivity contribution in [3.63, 3.8) is 0 Å². The van der Waals surface area contributed by atoms with Gasteiger partial charge in [0.1, 0.15) is 0 Å². The van der Waals surface area contributed by atoms with Crippen molar-refractivity contribution in [3.8, 4) is 0 Å². The first-order valence-corrected chi connectivity index (χ1v) is 4.76. The van der Waals surface area contributed by atoms with Crippen LogP contribution < -0.4 is 0 Å². The standard InChI is InChI=1S/C11H21NO/c1-5-6-7-8-11(12(3)4)9-10(2)13/h6,10-11,13H,1,7-9H2,2-4H3. The maximum Gasteiger partial charge on any atom is 0.0527 e. The zero-order valence-electron chi connectivity index (χ0n) is 8.95. The van der Waals surface area contributed by atoms with E-state index in [1.165, 1.54) is 0 Å². The Hall–Kier alpha value is -0.560. The summed E-state index contributed by atoms with van der Waals surface area (Å²) in [6, 6.07) is 0.449. The third kappa shape index (κ3) is 6.59. The maximum absolute atomic E-state index is 9.26. The van der Waals surface area contributed by atoms with Gasteiger partial charge < -0.3 is 10.0 Å². The SMILES string of the molecule is C=C=CCCC(CC(C)O)N(C)C. The third-order valence-corrected chi connectivity index (χ3v) is 2.13. The highest BCUT2D eigenvalue weighted by molar-refractivity contribution is 4.79. The van der Waals surface area contributed by atoms with Gasteiger partial charge in [0.05, 0.1) is 6.10 Å². The fraction of sp³-hybridized carbons (Fsp3) is 0.727. The first kappa shape index (κ1) is 12.4. The second-order valence-electron chi connectivity index (χ2n) is 3.69. The summed E-state index contributed by atoms with van der Waals surface area (Å²) in [7, 11) is 4.09. The van der Waals surface area contributed by atoms with Gasteiger partial charge in [-0.15, -0.1) is 5.73 Å². The zero-order chi connectivity index (χ0) is 10.3. The summed E-state index contributed by atoms with van der Waals surface area (Å²) in [6.45, 7) is 5.35. The quantitative estimate of drug-likeness (QED) is 0.635. The van der Waals surface area contributed by atoms with Crippen LogP contribution in [-0.2, 0) is 0 Å². The van der Waals surface area contributed by atoms with E-state index in [2.05, 4.69) is 17.2 Å². The van der Waals surface area contributed by atoms with Crippen molar-refractivity contribution in [2.45, 2.75) is 38.3 Å². The first-order valence-electron chi connectivity index (χ1n) is 4.76. The molecule has 76 valence electrons. The Morgan fingerprint density at radius 1 is 1.54 bits per heavy atom. The van der Waals surface area contributed by atoms with Gasteiger partial charge in [0.15, 0.2) is 0 Å². The molecule has 0 aliphatic carbocycles. The van der Waals surface area contributed by atoms with Crippen molar-refractivity contribution in [2.24, 2.45) is 0 Å². The molecule has 13 heavy (non-hydrogen) atoms. The monoisotopic (exact) mass is 183 g/mol. The molecule has 0 fully saturated rings. The summed E-state index contributed by atoms with van der Waals surface area (Å²) >= 11 is 0. The lowest BCUT2D eigenvalue weighted by Crippen LogP contribution is -2.30. The van der Waals surface area contributed by atoms with Gasteiger partial charge in [-0.3, -0.25) is 0 Å². The van der Waals surface area contributed by atoms with Crippen LogP contribution in [0.15, 0.2) is 18.4 Å². The molecule has 2 unspecified atom stereocenters. The van der Waals surface area contributed by atoms with Crippen molar-refractivity contribution in [1.29, 1.82) is 0 Å². The lowest BCUT2D eigenvalue weighted by atomic mass is 10.0. The number of rotatable bonds is 6. The summed E-state index contributed by atoms with van der Waals surface area (Å²) in [5, 5.41) is 9.26. The van der Waals surface area contributed by atoms with Crippen LogP contribution in [0.1, 0.15) is 26.2 Å². The Balaban J connectivity index is 3.87. The van der Waals surface area contributed by atoms with Crippen LogP contribution in [0, 0.1) is 0 Å². The first-order chi connectivity index (χ1) is 6.07. The zero-order valence-corrected chi connectivity index (χ0v) is 8.95. The van der Waals surface area contributed by atoms with Crippen LogP contribution >= 0.6 is 0 Å². The number of nitrogens with zero attached hydrogens (tertiary/aromatic N) is 1. The Bertz CT molecular complexity index is 169. The molecule has 0 rings (SSSR count). The molecule has 2 nitrogen and oxygen atoms in total. The maximum atomic E-state index is 9.26. The molecule has 0 aromatic carbocycles. The number of hydrogen-bond acceptors (Lipinski definition) is 2. The third-order valence-electron chi connectivity index (χ3n) is 2.13. The van der Waals surface area contributed by atoms with Gasteiger partial charge in [-0.05, 0) is 46.4 Å². The van der Waals surface area contributed by atoms with E-state index in [4.69, 9.17) is 0 Å². The summed E-state index contributed by atoms with van der Waals surface area (Å²) < 4.78 is 0. The van der Waals surface area contributed by atoms with Crippen molar-refractivity contribution in [2.75, 3.05) is 14.1 Å². The largest absolute Gasteiger partial charge is 0.393 e. The van der Waals surface area contributed by atoms with Crippen LogP contribution in [0.2, 0.25) is 0 Å². The number of allylic oxidation sites excluding steroid dienone is 1. The van der Waals surface area contributed by atoms with E-state index in [1.807, 2.05) is 27.1 Å². The van der Waals surface area contributed by atoms with Gasteiger partial charge in [0.25, 0.3) is 0 Å². The average Bonchev–Trinajstić information content (AvgIpc) is 2.02. The molecule has 2 heteroatoms. The van der Waals surface area contributed by atoms with Gasteiger partial charge in [-0.2, -0.15) is 0 Å². The fourth-order valence-electron chi connectivity index (χ4n) is 1.36. The predicted octanol–water partition coefficient (Wildman–Crippen LogP) is 1.81. The second-order valence-corrected chi connectivity index (χ2v) is 3.69. The van der Waals surface area contributed by atoms with Crippen LogP contribution in [0.25, 0.3) is 0 Å². The Labute approximate surface area is 81.6 Å². The van der Waals surface area contributed by atoms with Crippen LogP contribution in [-0.4, -0.2) is 36.2 Å². The topological polar surface area (TPSA) is 23.5 Å². The molecule has 0 saturated carbocycles. The molecule has 0 aromatic heterocycles. The van der Waals surface area contributed by atoms with Gasteiger partial charge in [0, 0.05) is 6.04 Å². The van der Waals surface area contributed by atoms with Gasteiger partial charge >= 0.3 is 0 Å². The predicted molar refractivity (Wildman–Crippen MR) is 56.7 cm³/mol. The molecular formula is C11H21NO. The Kier molecular flexibility index (Phi) is 6.61. The van der Waals surface area contributed by atoms with E-state index in [1.54, 1.807) is 0 Å². The molecule has 0 aliphatic heterocycles. The summed E-state index contributed by atoms with van der Waals surface area (Å²) in [5.74, 6) is 0. The molecule has 0 amide bonds. The molecule has 0 radical (unpaired) electrons.